The first-order valence-corrected chi connectivity index (χ1v) is 6.40. The lowest BCUT2D eigenvalue weighted by Gasteiger charge is -2.24. The van der Waals surface area contributed by atoms with Gasteiger partial charge in [-0.25, -0.2) is 0 Å². The van der Waals surface area contributed by atoms with Crippen molar-refractivity contribution in [3.63, 3.8) is 0 Å². The molecule has 1 atom stereocenters. The maximum atomic E-state index is 11.8. The van der Waals surface area contributed by atoms with Crippen LogP contribution in [0.15, 0.2) is 0 Å². The van der Waals surface area contributed by atoms with Gasteiger partial charge >= 0.3 is 5.97 Å². The monoisotopic (exact) mass is 263 g/mol. The van der Waals surface area contributed by atoms with E-state index in [2.05, 4.69) is 0 Å². The van der Waals surface area contributed by atoms with Crippen molar-refractivity contribution in [2.75, 3.05) is 27.2 Å². The second kappa shape index (κ2) is 6.54. The van der Waals surface area contributed by atoms with Crippen molar-refractivity contribution in [1.29, 1.82) is 5.26 Å². The Bertz CT molecular complexity index is 401. The Morgan fingerprint density at radius 2 is 1.94 bits per heavy atom. The summed E-state index contributed by atoms with van der Waals surface area (Å²) in [5.41, 5.74) is 0. The zero-order valence-corrected chi connectivity index (χ0v) is 10.9. The minimum absolute atomic E-state index is 0.0796. The van der Waals surface area contributed by atoms with Gasteiger partial charge in [0, 0.05) is 27.2 Å². The number of nitrogens with zero attached hydrogens (tertiary/aromatic N) is 3. The standard InChI is InChI=1S/C9H17N3O4S/c1-8(6-10)7-12(3)17(15,16)11(2)5-4-9(13)14/h8H,4-5,7H2,1-3H3,(H,13,14). The fourth-order valence-electron chi connectivity index (χ4n) is 1.13. The molecule has 0 aromatic rings. The molecule has 0 rings (SSSR count). The van der Waals surface area contributed by atoms with E-state index in [0.717, 1.165) is 8.61 Å². The summed E-state index contributed by atoms with van der Waals surface area (Å²) in [7, 11) is -1.01. The SMILES string of the molecule is CC(C#N)CN(C)S(=O)(=O)N(C)CCC(=O)O. The van der Waals surface area contributed by atoms with E-state index in [1.165, 1.54) is 14.1 Å². The Balaban J connectivity index is 4.55. The van der Waals surface area contributed by atoms with Crippen LogP contribution in [-0.4, -0.2) is 55.3 Å². The lowest BCUT2D eigenvalue weighted by Crippen LogP contribution is -2.42. The van der Waals surface area contributed by atoms with Crippen molar-refractivity contribution < 1.29 is 18.3 Å². The minimum Gasteiger partial charge on any atom is -0.481 e. The van der Waals surface area contributed by atoms with Gasteiger partial charge in [-0.05, 0) is 6.92 Å². The number of hydrogen-bond donors (Lipinski definition) is 1. The summed E-state index contributed by atoms with van der Waals surface area (Å²) < 4.78 is 25.7. The zero-order valence-electron chi connectivity index (χ0n) is 10.1. The first-order chi connectivity index (χ1) is 7.71. The fourth-order valence-corrected chi connectivity index (χ4v) is 2.34. The van der Waals surface area contributed by atoms with E-state index in [4.69, 9.17) is 10.4 Å². The molecule has 98 valence electrons. The van der Waals surface area contributed by atoms with Gasteiger partial charge in [-0.15, -0.1) is 0 Å². The van der Waals surface area contributed by atoms with Gasteiger partial charge in [0.25, 0.3) is 10.2 Å². The number of carboxylic acid groups (broad SMARTS) is 1. The Morgan fingerprint density at radius 3 is 2.35 bits per heavy atom. The Hall–Kier alpha value is -1.17. The van der Waals surface area contributed by atoms with Crippen LogP contribution in [0.3, 0.4) is 0 Å². The molecule has 0 heterocycles. The first kappa shape index (κ1) is 15.8. The Labute approximate surface area is 101 Å². The molecule has 0 radical (unpaired) electrons. The molecule has 0 fully saturated rings. The summed E-state index contributed by atoms with van der Waals surface area (Å²) in [6.45, 7) is 1.60. The molecule has 0 aromatic heterocycles. The summed E-state index contributed by atoms with van der Waals surface area (Å²) in [6.07, 6.45) is -0.253. The van der Waals surface area contributed by atoms with Gasteiger partial charge in [-0.2, -0.15) is 22.3 Å². The molecule has 0 amide bonds. The van der Waals surface area contributed by atoms with Gasteiger partial charge in [0.15, 0.2) is 0 Å². The van der Waals surface area contributed by atoms with E-state index in [9.17, 15) is 13.2 Å². The van der Waals surface area contributed by atoms with E-state index < -0.39 is 22.1 Å². The molecule has 1 N–H and O–H groups in total. The van der Waals surface area contributed by atoms with Crippen LogP contribution >= 0.6 is 0 Å². The fraction of sp³-hybridized carbons (Fsp3) is 0.778. The quantitative estimate of drug-likeness (QED) is 0.681. The lowest BCUT2D eigenvalue weighted by molar-refractivity contribution is -0.137. The van der Waals surface area contributed by atoms with E-state index in [1.54, 1.807) is 6.92 Å². The van der Waals surface area contributed by atoms with Crippen LogP contribution in [0.5, 0.6) is 0 Å². The van der Waals surface area contributed by atoms with Crippen molar-refractivity contribution >= 4 is 16.2 Å². The summed E-state index contributed by atoms with van der Waals surface area (Å²) in [5, 5.41) is 17.1. The zero-order chi connectivity index (χ0) is 13.6. The van der Waals surface area contributed by atoms with E-state index >= 15 is 0 Å². The van der Waals surface area contributed by atoms with Crippen LogP contribution in [0.25, 0.3) is 0 Å². The summed E-state index contributed by atoms with van der Waals surface area (Å²) in [5.74, 6) is -1.47. The number of aliphatic carboxylic acids is 1. The molecule has 0 aliphatic heterocycles. The minimum atomic E-state index is -3.69. The van der Waals surface area contributed by atoms with E-state index in [1.807, 2.05) is 6.07 Å². The van der Waals surface area contributed by atoms with E-state index in [0.29, 0.717) is 0 Å². The maximum absolute atomic E-state index is 11.8. The van der Waals surface area contributed by atoms with Gasteiger partial charge in [0.1, 0.15) is 0 Å². The largest absolute Gasteiger partial charge is 0.481 e. The molecule has 1 unspecified atom stereocenters. The summed E-state index contributed by atoms with van der Waals surface area (Å²) in [6, 6.07) is 1.94. The lowest BCUT2D eigenvalue weighted by atomic mass is 10.2. The Kier molecular flexibility index (Phi) is 6.09. The molecule has 0 spiro atoms. The summed E-state index contributed by atoms with van der Waals surface area (Å²) >= 11 is 0. The molecule has 7 nitrogen and oxygen atoms in total. The van der Waals surface area contributed by atoms with Crippen molar-refractivity contribution in [1.82, 2.24) is 8.61 Å². The van der Waals surface area contributed by atoms with Crippen molar-refractivity contribution in [2.24, 2.45) is 5.92 Å². The van der Waals surface area contributed by atoms with Crippen molar-refractivity contribution in [3.8, 4) is 6.07 Å². The van der Waals surface area contributed by atoms with Crippen LogP contribution in [-0.2, 0) is 15.0 Å². The third-order valence-corrected chi connectivity index (χ3v) is 4.09. The molecule has 0 aliphatic carbocycles. The first-order valence-electron chi connectivity index (χ1n) is 5.00. The third kappa shape index (κ3) is 5.12. The molecular weight excluding hydrogens is 246 g/mol. The third-order valence-electron chi connectivity index (χ3n) is 2.18. The molecule has 0 aromatic carbocycles. The maximum Gasteiger partial charge on any atom is 0.304 e. The van der Waals surface area contributed by atoms with Gasteiger partial charge in [0.2, 0.25) is 0 Å². The molecule has 0 saturated heterocycles. The highest BCUT2D eigenvalue weighted by atomic mass is 32.2. The molecule has 0 saturated carbocycles. The molecule has 17 heavy (non-hydrogen) atoms. The average Bonchev–Trinajstić information content (AvgIpc) is 2.25. The van der Waals surface area contributed by atoms with Gasteiger partial charge in [-0.3, -0.25) is 4.79 Å². The van der Waals surface area contributed by atoms with Crippen LogP contribution in [0.2, 0.25) is 0 Å². The van der Waals surface area contributed by atoms with Crippen molar-refractivity contribution in [3.05, 3.63) is 0 Å². The van der Waals surface area contributed by atoms with Gasteiger partial charge in [0.05, 0.1) is 18.4 Å². The number of carbonyl (C=O) groups is 1. The highest BCUT2D eigenvalue weighted by molar-refractivity contribution is 7.86. The average molecular weight is 263 g/mol. The Morgan fingerprint density at radius 1 is 1.41 bits per heavy atom. The highest BCUT2D eigenvalue weighted by Gasteiger charge is 2.25. The predicted octanol–water partition coefficient (Wildman–Crippen LogP) is -0.271. The van der Waals surface area contributed by atoms with E-state index in [-0.39, 0.29) is 19.5 Å². The number of hydrogen-bond acceptors (Lipinski definition) is 4. The van der Waals surface area contributed by atoms with Crippen LogP contribution in [0.1, 0.15) is 13.3 Å². The number of nitriles is 1. The van der Waals surface area contributed by atoms with Crippen LogP contribution in [0, 0.1) is 17.2 Å². The topological polar surface area (TPSA) is 102 Å². The van der Waals surface area contributed by atoms with Gasteiger partial charge < -0.3 is 5.11 Å². The molecule has 0 bridgehead atoms. The molecular formula is C9H17N3O4S. The highest BCUT2D eigenvalue weighted by Crippen LogP contribution is 2.07. The van der Waals surface area contributed by atoms with Crippen LogP contribution in [0.4, 0.5) is 0 Å². The van der Waals surface area contributed by atoms with Crippen molar-refractivity contribution in [2.45, 2.75) is 13.3 Å². The molecule has 0 aliphatic rings. The predicted molar refractivity (Wildman–Crippen MR) is 61.2 cm³/mol. The van der Waals surface area contributed by atoms with Gasteiger partial charge in [-0.1, -0.05) is 0 Å². The number of rotatable bonds is 7. The molecule has 8 heteroatoms. The second-order valence-corrected chi connectivity index (χ2v) is 5.93. The smallest absolute Gasteiger partial charge is 0.304 e. The number of carboxylic acids is 1. The normalized spacial score (nSPS) is 13.6. The second-order valence-electron chi connectivity index (χ2n) is 3.78. The summed E-state index contributed by atoms with van der Waals surface area (Å²) in [4.78, 5) is 10.3. The van der Waals surface area contributed by atoms with Crippen LogP contribution < -0.4 is 0 Å².